The van der Waals surface area contributed by atoms with Crippen LogP contribution in [0.2, 0.25) is 10.0 Å². The lowest BCUT2D eigenvalue weighted by atomic mass is 9.92. The highest BCUT2D eigenvalue weighted by Gasteiger charge is 2.50. The van der Waals surface area contributed by atoms with Gasteiger partial charge in [0, 0.05) is 21.2 Å². The van der Waals surface area contributed by atoms with Crippen molar-refractivity contribution < 1.29 is 14.4 Å². The lowest BCUT2D eigenvalue weighted by Crippen LogP contribution is -2.41. The van der Waals surface area contributed by atoms with Gasteiger partial charge in [-0.2, -0.15) is 0 Å². The highest BCUT2D eigenvalue weighted by atomic mass is 35.5. The third kappa shape index (κ3) is 3.45. The van der Waals surface area contributed by atoms with Crippen LogP contribution in [0.1, 0.15) is 34.0 Å². The summed E-state index contributed by atoms with van der Waals surface area (Å²) in [4.78, 5) is 39.0. The third-order valence-electron chi connectivity index (χ3n) is 4.73. The molecule has 1 aliphatic heterocycles. The number of imide groups is 1. The molecule has 0 aromatic heterocycles. The summed E-state index contributed by atoms with van der Waals surface area (Å²) in [5.74, 6) is -0.836. The van der Waals surface area contributed by atoms with Crippen LogP contribution in [0.4, 0.5) is 4.79 Å². The molecule has 0 spiro atoms. The molecule has 1 heterocycles. The van der Waals surface area contributed by atoms with Crippen LogP contribution >= 0.6 is 23.2 Å². The number of aryl methyl sites for hydroxylation is 2. The topological polar surface area (TPSA) is 66.5 Å². The Labute approximate surface area is 167 Å². The minimum atomic E-state index is -1.36. The molecule has 2 aromatic carbocycles. The van der Waals surface area contributed by atoms with Crippen LogP contribution in [0.25, 0.3) is 0 Å². The van der Waals surface area contributed by atoms with Crippen molar-refractivity contribution in [1.29, 1.82) is 0 Å². The molecule has 3 rings (SSSR count). The number of carbonyl (C=O) groups is 3. The van der Waals surface area contributed by atoms with Crippen LogP contribution in [0.5, 0.6) is 0 Å². The van der Waals surface area contributed by atoms with E-state index >= 15 is 0 Å². The SMILES string of the molecule is Cc1ccc(C(=O)CN2C(=O)N[C@](C)(c3ccc(Cl)cc3Cl)C2=O)c(C)c1. The zero-order valence-corrected chi connectivity index (χ0v) is 16.6. The number of benzene rings is 2. The molecule has 0 bridgehead atoms. The van der Waals surface area contributed by atoms with Crippen molar-refractivity contribution in [1.82, 2.24) is 10.2 Å². The van der Waals surface area contributed by atoms with E-state index in [1.54, 1.807) is 25.1 Å². The second-order valence-electron chi connectivity index (χ2n) is 6.81. The summed E-state index contributed by atoms with van der Waals surface area (Å²) in [5, 5.41) is 3.33. The van der Waals surface area contributed by atoms with E-state index in [0.29, 0.717) is 16.1 Å². The molecule has 140 valence electrons. The lowest BCUT2D eigenvalue weighted by Gasteiger charge is -2.23. The number of Topliss-reactive ketones (excluding diaryl/α,β-unsaturated/α-hetero) is 1. The van der Waals surface area contributed by atoms with Crippen LogP contribution in [0.15, 0.2) is 36.4 Å². The summed E-state index contributed by atoms with van der Waals surface area (Å²) in [5.41, 5.74) is 1.38. The molecule has 0 unspecified atom stereocenters. The number of hydrogen-bond donors (Lipinski definition) is 1. The largest absolute Gasteiger partial charge is 0.325 e. The molecule has 1 fully saturated rings. The van der Waals surface area contributed by atoms with E-state index in [0.717, 1.165) is 16.0 Å². The Morgan fingerprint density at radius 2 is 1.81 bits per heavy atom. The van der Waals surface area contributed by atoms with Gasteiger partial charge in [0.25, 0.3) is 5.91 Å². The molecule has 1 atom stereocenters. The Hall–Kier alpha value is -2.37. The van der Waals surface area contributed by atoms with Crippen molar-refractivity contribution in [3.63, 3.8) is 0 Å². The van der Waals surface area contributed by atoms with Crippen LogP contribution in [0, 0.1) is 13.8 Å². The minimum Gasteiger partial charge on any atom is -0.319 e. The van der Waals surface area contributed by atoms with Gasteiger partial charge in [-0.05, 0) is 38.5 Å². The van der Waals surface area contributed by atoms with Gasteiger partial charge in [-0.3, -0.25) is 14.5 Å². The quantitative estimate of drug-likeness (QED) is 0.611. The molecule has 2 aromatic rings. The number of nitrogens with zero attached hydrogens (tertiary/aromatic N) is 1. The van der Waals surface area contributed by atoms with E-state index in [1.165, 1.54) is 6.07 Å². The normalized spacial score (nSPS) is 19.4. The molecule has 0 saturated carbocycles. The molecule has 5 nitrogen and oxygen atoms in total. The number of ketones is 1. The number of amides is 3. The number of halogens is 2. The van der Waals surface area contributed by atoms with E-state index in [-0.39, 0.29) is 17.4 Å². The fourth-order valence-corrected chi connectivity index (χ4v) is 3.87. The Kier molecular flexibility index (Phi) is 5.02. The van der Waals surface area contributed by atoms with Gasteiger partial charge >= 0.3 is 6.03 Å². The zero-order valence-electron chi connectivity index (χ0n) is 15.1. The van der Waals surface area contributed by atoms with Crippen LogP contribution in [-0.4, -0.2) is 29.2 Å². The first-order chi connectivity index (χ1) is 12.6. The summed E-state index contributed by atoms with van der Waals surface area (Å²) >= 11 is 12.1. The predicted molar refractivity (Wildman–Crippen MR) is 104 cm³/mol. The maximum atomic E-state index is 13.0. The minimum absolute atomic E-state index is 0.265. The molecule has 0 radical (unpaired) electrons. The van der Waals surface area contributed by atoms with E-state index in [2.05, 4.69) is 5.32 Å². The molecule has 1 N–H and O–H groups in total. The van der Waals surface area contributed by atoms with Gasteiger partial charge in [0.2, 0.25) is 0 Å². The first-order valence-electron chi connectivity index (χ1n) is 8.33. The molecule has 1 aliphatic rings. The molecular weight excluding hydrogens is 387 g/mol. The van der Waals surface area contributed by atoms with Crippen LogP contribution < -0.4 is 5.32 Å². The van der Waals surface area contributed by atoms with Crippen LogP contribution in [0.3, 0.4) is 0 Å². The van der Waals surface area contributed by atoms with Crippen LogP contribution in [-0.2, 0) is 10.3 Å². The van der Waals surface area contributed by atoms with E-state index in [1.807, 2.05) is 26.0 Å². The molecule has 7 heteroatoms. The summed E-state index contributed by atoms with van der Waals surface area (Å²) in [6.45, 7) is 4.98. The van der Waals surface area contributed by atoms with Crippen molar-refractivity contribution in [2.24, 2.45) is 0 Å². The maximum absolute atomic E-state index is 13.0. The second kappa shape index (κ2) is 6.98. The Balaban J connectivity index is 1.89. The molecule has 0 aliphatic carbocycles. The van der Waals surface area contributed by atoms with Gasteiger partial charge in [-0.25, -0.2) is 4.79 Å². The first kappa shape index (κ1) is 19.4. The number of urea groups is 1. The van der Waals surface area contributed by atoms with Crippen molar-refractivity contribution >= 4 is 40.9 Å². The Bertz CT molecular complexity index is 974. The number of hydrogen-bond acceptors (Lipinski definition) is 3. The average Bonchev–Trinajstić information content (AvgIpc) is 2.78. The maximum Gasteiger partial charge on any atom is 0.325 e. The van der Waals surface area contributed by atoms with E-state index < -0.39 is 17.5 Å². The predicted octanol–water partition coefficient (Wildman–Crippen LogP) is 4.26. The standard InChI is InChI=1S/C20H18Cl2N2O3/c1-11-4-6-14(12(2)8-11)17(25)10-24-18(26)20(3,23-19(24)27)15-7-5-13(21)9-16(15)22/h4-9H,10H2,1-3H3,(H,23,27)/t20-/m1/s1. The molecule has 27 heavy (non-hydrogen) atoms. The van der Waals surface area contributed by atoms with Gasteiger partial charge < -0.3 is 5.32 Å². The second-order valence-corrected chi connectivity index (χ2v) is 7.66. The summed E-state index contributed by atoms with van der Waals surface area (Å²) in [6, 6.07) is 9.48. The van der Waals surface area contributed by atoms with Gasteiger partial charge in [0.15, 0.2) is 5.78 Å². The molecular formula is C20H18Cl2N2O3. The van der Waals surface area contributed by atoms with Crippen molar-refractivity contribution in [2.45, 2.75) is 26.3 Å². The first-order valence-corrected chi connectivity index (χ1v) is 9.09. The van der Waals surface area contributed by atoms with Crippen molar-refractivity contribution in [3.05, 3.63) is 68.7 Å². The summed E-state index contributed by atoms with van der Waals surface area (Å²) < 4.78 is 0. The Morgan fingerprint density at radius 1 is 1.11 bits per heavy atom. The van der Waals surface area contributed by atoms with Gasteiger partial charge in [0.1, 0.15) is 5.54 Å². The van der Waals surface area contributed by atoms with Gasteiger partial charge in [0.05, 0.1) is 6.54 Å². The highest BCUT2D eigenvalue weighted by molar-refractivity contribution is 6.35. The van der Waals surface area contributed by atoms with E-state index in [9.17, 15) is 14.4 Å². The number of nitrogens with one attached hydrogen (secondary N) is 1. The zero-order chi connectivity index (χ0) is 19.9. The lowest BCUT2D eigenvalue weighted by molar-refractivity contribution is -0.130. The molecule has 1 saturated heterocycles. The fraction of sp³-hybridized carbons (Fsp3) is 0.250. The fourth-order valence-electron chi connectivity index (χ4n) is 3.27. The number of carbonyl (C=O) groups excluding carboxylic acids is 3. The highest BCUT2D eigenvalue weighted by Crippen LogP contribution is 2.35. The smallest absolute Gasteiger partial charge is 0.319 e. The number of rotatable bonds is 4. The summed E-state index contributed by atoms with van der Waals surface area (Å²) in [6.07, 6.45) is 0. The monoisotopic (exact) mass is 404 g/mol. The van der Waals surface area contributed by atoms with E-state index in [4.69, 9.17) is 23.2 Å². The van der Waals surface area contributed by atoms with Gasteiger partial charge in [-0.15, -0.1) is 0 Å². The average molecular weight is 405 g/mol. The third-order valence-corrected chi connectivity index (χ3v) is 5.28. The molecule has 3 amide bonds. The van der Waals surface area contributed by atoms with Crippen molar-refractivity contribution in [2.75, 3.05) is 6.54 Å². The summed E-state index contributed by atoms with van der Waals surface area (Å²) in [7, 11) is 0. The van der Waals surface area contributed by atoms with Crippen molar-refractivity contribution in [3.8, 4) is 0 Å². The Morgan fingerprint density at radius 3 is 2.44 bits per heavy atom. The van der Waals surface area contributed by atoms with Gasteiger partial charge in [-0.1, -0.05) is 53.0 Å².